The largest absolute Gasteiger partial charge is 0.481 e. The Morgan fingerprint density at radius 1 is 0.915 bits per heavy atom. The van der Waals surface area contributed by atoms with Crippen molar-refractivity contribution in [3.8, 4) is 0 Å². The quantitative estimate of drug-likeness (QED) is 0.300. The van der Waals surface area contributed by atoms with Crippen molar-refractivity contribution >= 4 is 17.4 Å². The minimum atomic E-state index is -5.07. The molecule has 12 heteroatoms. The maximum Gasteiger partial charge on any atom is 0.416 e. The Kier molecular flexibility index (Phi) is 9.96. The number of hydrogen-bond acceptors (Lipinski definition) is 3. The molecule has 1 aliphatic heterocycles. The summed E-state index contributed by atoms with van der Waals surface area (Å²) in [4.78, 5) is 28.9. The van der Waals surface area contributed by atoms with Gasteiger partial charge in [0.15, 0.2) is 0 Å². The number of hydrogen-bond donors (Lipinski definition) is 1. The summed E-state index contributed by atoms with van der Waals surface area (Å²) in [6, 6.07) is 5.39. The lowest BCUT2D eigenvalue weighted by atomic mass is 9.74. The number of nitrogens with zero attached hydrogens (tertiary/aromatic N) is 2. The maximum atomic E-state index is 14.2. The molecular weight excluding hydrogens is 629 g/mol. The number of rotatable bonds is 7. The van der Waals surface area contributed by atoms with Gasteiger partial charge in [0, 0.05) is 31.1 Å². The van der Waals surface area contributed by atoms with Gasteiger partial charge in [0.1, 0.15) is 5.82 Å². The summed E-state index contributed by atoms with van der Waals surface area (Å²) in [6.45, 7) is 6.17. The zero-order valence-corrected chi connectivity index (χ0v) is 27.1. The number of carboxylic acid groups (broad SMARTS) is 1. The molecule has 1 N–H and O–H groups in total. The van der Waals surface area contributed by atoms with Crippen molar-refractivity contribution in [1.82, 2.24) is 9.80 Å². The van der Waals surface area contributed by atoms with Crippen LogP contribution in [0.25, 0.3) is 5.57 Å². The van der Waals surface area contributed by atoms with Crippen LogP contribution < -0.4 is 0 Å². The number of carboxylic acids is 1. The minimum absolute atomic E-state index is 0.0317. The second-order valence-electron chi connectivity index (χ2n) is 13.3. The summed E-state index contributed by atoms with van der Waals surface area (Å²) in [5.41, 5.74) is -2.10. The standard InChI is InChI=1S/C35H39F7N2O3/c1-19-13-26(36)11-12-27(19)28-17-29(22-9-7-21(8-10-22)20(2)31(45)46)43(5)18-30(28)44(6)32(47)33(3,4)23-14-24(34(37,38)39)16-25(15-23)35(40,41)42/h11-17,20-22H,7-10,18H2,1-6H3,(H,45,46). The number of halogens is 7. The lowest BCUT2D eigenvalue weighted by Gasteiger charge is -2.41. The van der Waals surface area contributed by atoms with Crippen LogP contribution in [0, 0.1) is 30.5 Å². The third-order valence-corrected chi connectivity index (χ3v) is 9.75. The van der Waals surface area contributed by atoms with Crippen LogP contribution in [0.15, 0.2) is 53.9 Å². The highest BCUT2D eigenvalue weighted by Crippen LogP contribution is 2.43. The highest BCUT2D eigenvalue weighted by molar-refractivity contribution is 5.92. The molecule has 256 valence electrons. The van der Waals surface area contributed by atoms with Crippen LogP contribution in [-0.4, -0.2) is 47.4 Å². The van der Waals surface area contributed by atoms with E-state index in [9.17, 15) is 45.4 Å². The summed E-state index contributed by atoms with van der Waals surface area (Å²) in [5.74, 6) is -2.37. The van der Waals surface area contributed by atoms with E-state index in [0.29, 0.717) is 47.4 Å². The highest BCUT2D eigenvalue weighted by Gasteiger charge is 2.42. The molecule has 1 saturated carbocycles. The van der Waals surface area contributed by atoms with Crippen LogP contribution in [0.2, 0.25) is 0 Å². The van der Waals surface area contributed by atoms with E-state index in [4.69, 9.17) is 0 Å². The lowest BCUT2D eigenvalue weighted by Crippen LogP contribution is -2.44. The number of benzene rings is 2. The van der Waals surface area contributed by atoms with Gasteiger partial charge in [-0.25, -0.2) is 4.39 Å². The normalized spacial score (nSPS) is 20.2. The zero-order valence-electron chi connectivity index (χ0n) is 27.1. The number of likely N-dealkylation sites (N-methyl/N-ethyl adjacent to an activating group) is 2. The van der Waals surface area contributed by atoms with E-state index in [-0.39, 0.29) is 24.4 Å². The van der Waals surface area contributed by atoms with E-state index in [1.54, 1.807) is 19.9 Å². The van der Waals surface area contributed by atoms with Crippen LogP contribution in [-0.2, 0) is 27.4 Å². The van der Waals surface area contributed by atoms with Gasteiger partial charge in [0.25, 0.3) is 0 Å². The van der Waals surface area contributed by atoms with Gasteiger partial charge in [-0.15, -0.1) is 0 Å². The van der Waals surface area contributed by atoms with Crippen molar-refractivity contribution < 1.29 is 45.4 Å². The van der Waals surface area contributed by atoms with Gasteiger partial charge in [0.05, 0.1) is 29.0 Å². The molecule has 1 heterocycles. The molecule has 0 spiro atoms. The molecule has 1 atom stereocenters. The molecule has 4 rings (SSSR count). The Morgan fingerprint density at radius 2 is 1.45 bits per heavy atom. The summed E-state index contributed by atoms with van der Waals surface area (Å²) < 4.78 is 96.2. The van der Waals surface area contributed by atoms with Crippen LogP contribution in [0.4, 0.5) is 30.7 Å². The first-order valence-electron chi connectivity index (χ1n) is 15.4. The number of aryl methyl sites for hydroxylation is 1. The van der Waals surface area contributed by atoms with Crippen molar-refractivity contribution in [2.24, 2.45) is 17.8 Å². The SMILES string of the molecule is Cc1cc(F)ccc1C1=C(N(C)C(=O)C(C)(C)c2cc(C(F)(F)F)cc(C(F)(F)F)c2)CN(C)C(C2CCC(C(C)C(=O)O)CC2)=C1. The Morgan fingerprint density at radius 3 is 1.94 bits per heavy atom. The lowest BCUT2D eigenvalue weighted by molar-refractivity contribution is -0.144. The molecule has 2 aromatic carbocycles. The van der Waals surface area contributed by atoms with Crippen LogP contribution in [0.5, 0.6) is 0 Å². The molecule has 0 bridgehead atoms. The van der Waals surface area contributed by atoms with Crippen molar-refractivity contribution in [3.05, 3.63) is 87.5 Å². The predicted octanol–water partition coefficient (Wildman–Crippen LogP) is 8.68. The average molecular weight is 669 g/mol. The second-order valence-corrected chi connectivity index (χ2v) is 13.3. The van der Waals surface area contributed by atoms with Crippen LogP contribution in [0.1, 0.15) is 74.3 Å². The number of carbonyl (C=O) groups is 2. The molecule has 1 amide bonds. The number of amides is 1. The predicted molar refractivity (Wildman–Crippen MR) is 163 cm³/mol. The smallest absolute Gasteiger partial charge is 0.416 e. The highest BCUT2D eigenvalue weighted by atomic mass is 19.4. The molecule has 0 radical (unpaired) electrons. The number of allylic oxidation sites excluding steroid dienone is 3. The summed E-state index contributed by atoms with van der Waals surface area (Å²) in [7, 11) is 3.26. The van der Waals surface area contributed by atoms with E-state index in [2.05, 4.69) is 0 Å². The molecule has 0 aromatic heterocycles. The monoisotopic (exact) mass is 668 g/mol. The molecule has 2 aromatic rings. The molecule has 47 heavy (non-hydrogen) atoms. The molecule has 5 nitrogen and oxygen atoms in total. The Balaban J connectivity index is 1.79. The van der Waals surface area contributed by atoms with Gasteiger partial charge in [-0.2, -0.15) is 26.3 Å². The molecule has 2 aliphatic rings. The molecular formula is C35H39F7N2O3. The summed E-state index contributed by atoms with van der Waals surface area (Å²) >= 11 is 0. The molecule has 1 fully saturated rings. The average Bonchev–Trinajstić information content (AvgIpc) is 2.99. The van der Waals surface area contributed by atoms with Crippen molar-refractivity contribution in [2.75, 3.05) is 20.6 Å². The van der Waals surface area contributed by atoms with E-state index >= 15 is 0 Å². The van der Waals surface area contributed by atoms with E-state index in [0.717, 1.165) is 18.5 Å². The molecule has 1 unspecified atom stereocenters. The fraction of sp³-hybridized carbons (Fsp3) is 0.486. The van der Waals surface area contributed by atoms with E-state index in [1.165, 1.54) is 37.9 Å². The van der Waals surface area contributed by atoms with Crippen LogP contribution >= 0.6 is 0 Å². The Labute approximate surface area is 269 Å². The maximum absolute atomic E-state index is 14.2. The summed E-state index contributed by atoms with van der Waals surface area (Å²) in [6.07, 6.45) is -5.33. The Hall–Kier alpha value is -3.83. The van der Waals surface area contributed by atoms with Crippen molar-refractivity contribution in [3.63, 3.8) is 0 Å². The molecule has 1 aliphatic carbocycles. The Bertz CT molecular complexity index is 1570. The number of alkyl halides is 6. The third-order valence-electron chi connectivity index (χ3n) is 9.75. The fourth-order valence-corrected chi connectivity index (χ4v) is 6.72. The van der Waals surface area contributed by atoms with Gasteiger partial charge in [-0.1, -0.05) is 13.0 Å². The van der Waals surface area contributed by atoms with Gasteiger partial charge in [-0.05, 0) is 111 Å². The third kappa shape index (κ3) is 7.51. The first-order valence-corrected chi connectivity index (χ1v) is 15.4. The van der Waals surface area contributed by atoms with Crippen molar-refractivity contribution in [2.45, 2.75) is 71.1 Å². The summed E-state index contributed by atoms with van der Waals surface area (Å²) in [5, 5.41) is 9.47. The molecule has 0 saturated heterocycles. The van der Waals surface area contributed by atoms with Gasteiger partial charge in [-0.3, -0.25) is 9.59 Å². The van der Waals surface area contributed by atoms with E-state index < -0.39 is 58.1 Å². The van der Waals surface area contributed by atoms with Gasteiger partial charge in [0.2, 0.25) is 5.91 Å². The van der Waals surface area contributed by atoms with Gasteiger partial charge >= 0.3 is 18.3 Å². The number of aliphatic carboxylic acids is 1. The van der Waals surface area contributed by atoms with Crippen LogP contribution in [0.3, 0.4) is 0 Å². The zero-order chi connectivity index (χ0) is 35.2. The fourth-order valence-electron chi connectivity index (χ4n) is 6.72. The van der Waals surface area contributed by atoms with Gasteiger partial charge < -0.3 is 14.9 Å². The van der Waals surface area contributed by atoms with E-state index in [1.807, 2.05) is 18.0 Å². The second kappa shape index (κ2) is 13.0. The first-order chi connectivity index (χ1) is 21.6. The first kappa shape index (κ1) is 36.0. The topological polar surface area (TPSA) is 60.9 Å². The van der Waals surface area contributed by atoms with Crippen molar-refractivity contribution in [1.29, 1.82) is 0 Å². The number of carbonyl (C=O) groups excluding carboxylic acids is 1. The minimum Gasteiger partial charge on any atom is -0.481 e.